The van der Waals surface area contributed by atoms with Gasteiger partial charge < -0.3 is 15.2 Å². The standard InChI is InChI=1S/C23H20N4O5/c1-2-32-23(29)24-15-7-5-6-14(12-15)22(28)26-21-17-8-3-4-9-19(17)25-20-13-16(27(30)31)10-11-18(20)21/h3-13,22,28H,2H2,1H3,(H,24,29)(H,25,26). The molecule has 1 atom stereocenters. The minimum absolute atomic E-state index is 0.0653. The Balaban J connectivity index is 1.73. The molecule has 9 heteroatoms. The van der Waals surface area contributed by atoms with Crippen molar-refractivity contribution in [2.75, 3.05) is 17.2 Å². The molecule has 0 aliphatic carbocycles. The number of nitrogens with zero attached hydrogens (tertiary/aromatic N) is 2. The van der Waals surface area contributed by atoms with Gasteiger partial charge in [-0.25, -0.2) is 9.78 Å². The zero-order chi connectivity index (χ0) is 22.7. The number of carbonyl (C=O) groups excluding carboxylic acids is 1. The number of hydrogen-bond donors (Lipinski definition) is 3. The number of aliphatic hydroxyl groups is 1. The van der Waals surface area contributed by atoms with Gasteiger partial charge in [0.1, 0.15) is 0 Å². The molecule has 4 aromatic rings. The molecule has 32 heavy (non-hydrogen) atoms. The number of para-hydroxylation sites is 1. The van der Waals surface area contributed by atoms with Gasteiger partial charge in [0.2, 0.25) is 0 Å². The fraction of sp³-hybridized carbons (Fsp3) is 0.130. The Hall–Kier alpha value is -4.24. The number of fused-ring (bicyclic) bond motifs is 2. The number of anilines is 2. The Labute approximate surface area is 182 Å². The number of pyridine rings is 1. The van der Waals surface area contributed by atoms with Crippen LogP contribution in [0.3, 0.4) is 0 Å². The maximum absolute atomic E-state index is 11.7. The van der Waals surface area contributed by atoms with E-state index in [2.05, 4.69) is 15.6 Å². The highest BCUT2D eigenvalue weighted by Gasteiger charge is 2.16. The molecule has 1 amide bonds. The molecule has 0 fully saturated rings. The molecule has 0 saturated carbocycles. The van der Waals surface area contributed by atoms with E-state index in [1.165, 1.54) is 12.1 Å². The second-order valence-electron chi connectivity index (χ2n) is 6.98. The summed E-state index contributed by atoms with van der Waals surface area (Å²) in [6, 6.07) is 18.5. The van der Waals surface area contributed by atoms with Crippen LogP contribution >= 0.6 is 0 Å². The topological polar surface area (TPSA) is 127 Å². The highest BCUT2D eigenvalue weighted by Crippen LogP contribution is 2.34. The highest BCUT2D eigenvalue weighted by molar-refractivity contribution is 6.07. The minimum Gasteiger partial charge on any atom is -0.450 e. The van der Waals surface area contributed by atoms with E-state index in [1.54, 1.807) is 43.3 Å². The van der Waals surface area contributed by atoms with Crippen molar-refractivity contribution in [1.29, 1.82) is 0 Å². The smallest absolute Gasteiger partial charge is 0.411 e. The van der Waals surface area contributed by atoms with Gasteiger partial charge in [0.25, 0.3) is 5.69 Å². The van der Waals surface area contributed by atoms with E-state index in [0.717, 1.165) is 5.39 Å². The van der Waals surface area contributed by atoms with Crippen LogP contribution in [0, 0.1) is 10.1 Å². The summed E-state index contributed by atoms with van der Waals surface area (Å²) in [6.45, 7) is 1.96. The maximum atomic E-state index is 11.7. The number of non-ortho nitro benzene ring substituents is 1. The Kier molecular flexibility index (Phi) is 5.82. The summed E-state index contributed by atoms with van der Waals surface area (Å²) in [4.78, 5) is 26.9. The Morgan fingerprint density at radius 2 is 1.88 bits per heavy atom. The van der Waals surface area contributed by atoms with Gasteiger partial charge >= 0.3 is 6.09 Å². The number of hydrogen-bond acceptors (Lipinski definition) is 7. The summed E-state index contributed by atoms with van der Waals surface area (Å²) in [5.74, 6) is 0. The monoisotopic (exact) mass is 432 g/mol. The van der Waals surface area contributed by atoms with Crippen LogP contribution < -0.4 is 10.6 Å². The number of aromatic nitrogens is 1. The number of carbonyl (C=O) groups is 1. The van der Waals surface area contributed by atoms with Crippen LogP contribution in [0.5, 0.6) is 0 Å². The first-order chi connectivity index (χ1) is 15.5. The van der Waals surface area contributed by atoms with Gasteiger partial charge in [-0.15, -0.1) is 0 Å². The second kappa shape index (κ2) is 8.86. The summed E-state index contributed by atoms with van der Waals surface area (Å²) in [6.07, 6.45) is -1.71. The van der Waals surface area contributed by atoms with Crippen LogP contribution in [0.15, 0.2) is 66.7 Å². The maximum Gasteiger partial charge on any atom is 0.411 e. The normalized spacial score (nSPS) is 11.8. The van der Waals surface area contributed by atoms with Crippen molar-refractivity contribution in [3.05, 3.63) is 82.4 Å². The minimum atomic E-state index is -1.12. The number of nitro benzene ring substituents is 1. The summed E-state index contributed by atoms with van der Waals surface area (Å²) in [5, 5.41) is 29.2. The second-order valence-corrected chi connectivity index (χ2v) is 6.98. The Morgan fingerprint density at radius 1 is 1.09 bits per heavy atom. The quantitative estimate of drug-likeness (QED) is 0.170. The van der Waals surface area contributed by atoms with Crippen molar-refractivity contribution in [2.45, 2.75) is 13.2 Å². The largest absolute Gasteiger partial charge is 0.450 e. The Bertz CT molecular complexity index is 1320. The molecule has 1 unspecified atom stereocenters. The molecule has 9 nitrogen and oxygen atoms in total. The zero-order valence-electron chi connectivity index (χ0n) is 17.1. The van der Waals surface area contributed by atoms with Gasteiger partial charge in [0.05, 0.1) is 28.3 Å². The van der Waals surface area contributed by atoms with Crippen LogP contribution in [-0.4, -0.2) is 27.7 Å². The van der Waals surface area contributed by atoms with Crippen LogP contribution in [0.25, 0.3) is 21.8 Å². The van der Waals surface area contributed by atoms with Crippen molar-refractivity contribution in [3.63, 3.8) is 0 Å². The third-order valence-electron chi connectivity index (χ3n) is 4.88. The van der Waals surface area contributed by atoms with E-state index in [1.807, 2.05) is 18.2 Å². The lowest BCUT2D eigenvalue weighted by Gasteiger charge is -2.19. The van der Waals surface area contributed by atoms with Crippen LogP contribution in [-0.2, 0) is 4.74 Å². The number of aliphatic hydroxyl groups excluding tert-OH is 1. The van der Waals surface area contributed by atoms with E-state index in [4.69, 9.17) is 4.74 Å². The van der Waals surface area contributed by atoms with E-state index < -0.39 is 17.2 Å². The molecule has 162 valence electrons. The lowest BCUT2D eigenvalue weighted by Crippen LogP contribution is -2.14. The number of benzene rings is 3. The van der Waals surface area contributed by atoms with Gasteiger partial charge in [-0.05, 0) is 31.2 Å². The van der Waals surface area contributed by atoms with Crippen molar-refractivity contribution in [2.24, 2.45) is 0 Å². The average Bonchev–Trinajstić information content (AvgIpc) is 2.78. The SMILES string of the molecule is CCOC(=O)Nc1cccc(C(O)Nc2c3ccccc3nc3cc([N+](=O)[O-])ccc23)c1. The predicted molar refractivity (Wildman–Crippen MR) is 122 cm³/mol. The molecule has 3 aromatic carbocycles. The predicted octanol–water partition coefficient (Wildman–Crippen LogP) is 4.97. The zero-order valence-corrected chi connectivity index (χ0v) is 17.1. The summed E-state index contributed by atoms with van der Waals surface area (Å²) in [7, 11) is 0. The molecule has 0 spiro atoms. The third kappa shape index (κ3) is 4.28. The summed E-state index contributed by atoms with van der Waals surface area (Å²) in [5.41, 5.74) is 2.58. The van der Waals surface area contributed by atoms with Gasteiger partial charge in [-0.3, -0.25) is 15.4 Å². The van der Waals surface area contributed by atoms with Gasteiger partial charge in [0, 0.05) is 34.2 Å². The van der Waals surface area contributed by atoms with Crippen LogP contribution in [0.1, 0.15) is 18.7 Å². The summed E-state index contributed by atoms with van der Waals surface area (Å²) < 4.78 is 4.88. The number of amides is 1. The summed E-state index contributed by atoms with van der Waals surface area (Å²) >= 11 is 0. The van der Waals surface area contributed by atoms with Crippen molar-refractivity contribution >= 4 is 45.0 Å². The number of nitrogens with one attached hydrogen (secondary N) is 2. The molecule has 4 rings (SSSR count). The number of nitro groups is 1. The molecule has 0 radical (unpaired) electrons. The molecule has 3 N–H and O–H groups in total. The fourth-order valence-corrected chi connectivity index (χ4v) is 3.44. The number of rotatable bonds is 6. The van der Waals surface area contributed by atoms with Crippen molar-refractivity contribution in [3.8, 4) is 0 Å². The van der Waals surface area contributed by atoms with Gasteiger partial charge in [-0.2, -0.15) is 0 Å². The molecule has 0 saturated heterocycles. The molecule has 0 bridgehead atoms. The Morgan fingerprint density at radius 3 is 2.66 bits per heavy atom. The van der Waals surface area contributed by atoms with Crippen molar-refractivity contribution < 1.29 is 19.6 Å². The van der Waals surface area contributed by atoms with Crippen LogP contribution in [0.4, 0.5) is 21.9 Å². The van der Waals surface area contributed by atoms with E-state index in [9.17, 15) is 20.0 Å². The van der Waals surface area contributed by atoms with E-state index in [0.29, 0.717) is 33.4 Å². The molecule has 1 aromatic heterocycles. The number of ether oxygens (including phenoxy) is 1. The molecule has 1 heterocycles. The first-order valence-corrected chi connectivity index (χ1v) is 9.91. The molecular weight excluding hydrogens is 412 g/mol. The molecular formula is C23H20N4O5. The fourth-order valence-electron chi connectivity index (χ4n) is 3.44. The lowest BCUT2D eigenvalue weighted by molar-refractivity contribution is -0.384. The van der Waals surface area contributed by atoms with Gasteiger partial charge in [-0.1, -0.05) is 30.3 Å². The first-order valence-electron chi connectivity index (χ1n) is 9.91. The molecule has 0 aliphatic heterocycles. The van der Waals surface area contributed by atoms with Crippen molar-refractivity contribution in [1.82, 2.24) is 4.98 Å². The lowest BCUT2D eigenvalue weighted by atomic mass is 10.1. The molecule has 0 aliphatic rings. The van der Waals surface area contributed by atoms with E-state index >= 15 is 0 Å². The third-order valence-corrected chi connectivity index (χ3v) is 4.88. The van der Waals surface area contributed by atoms with Gasteiger partial charge in [0.15, 0.2) is 6.23 Å². The first kappa shape index (κ1) is 21.0. The highest BCUT2D eigenvalue weighted by atomic mass is 16.6. The van der Waals surface area contributed by atoms with Crippen LogP contribution in [0.2, 0.25) is 0 Å². The van der Waals surface area contributed by atoms with E-state index in [-0.39, 0.29) is 12.3 Å². The average molecular weight is 432 g/mol.